The van der Waals surface area contributed by atoms with Gasteiger partial charge in [-0.15, -0.1) is 0 Å². The van der Waals surface area contributed by atoms with E-state index in [-0.39, 0.29) is 16.5 Å². The lowest BCUT2D eigenvalue weighted by atomic mass is 10.1. The molecule has 82 valence electrons. The summed E-state index contributed by atoms with van der Waals surface area (Å²) < 4.78 is 4.61. The van der Waals surface area contributed by atoms with E-state index in [1.165, 1.54) is 0 Å². The molecular weight excluding hydrogens is 230 g/mol. The topological polar surface area (TPSA) is 69.9 Å². The first kappa shape index (κ1) is 11.1. The van der Waals surface area contributed by atoms with E-state index in [1.807, 2.05) is 0 Å². The standard InChI is InChI=1S/C10H8BClO4/c12-8-5-6-3-1-2-4-7(6)9(13)10(8)16-11(14)15/h1-5,13-15H. The van der Waals surface area contributed by atoms with E-state index in [2.05, 4.69) is 4.65 Å². The SMILES string of the molecule is OB(O)Oc1c(Cl)cc2ccccc2c1O. The van der Waals surface area contributed by atoms with Crippen molar-refractivity contribution in [2.45, 2.75) is 0 Å². The van der Waals surface area contributed by atoms with Crippen LogP contribution in [0.4, 0.5) is 0 Å². The zero-order chi connectivity index (χ0) is 11.7. The highest BCUT2D eigenvalue weighted by Crippen LogP contribution is 2.40. The molecule has 4 nitrogen and oxygen atoms in total. The van der Waals surface area contributed by atoms with Crippen molar-refractivity contribution in [3.8, 4) is 11.5 Å². The van der Waals surface area contributed by atoms with Crippen molar-refractivity contribution in [1.29, 1.82) is 0 Å². The van der Waals surface area contributed by atoms with Gasteiger partial charge in [0.15, 0.2) is 11.5 Å². The lowest BCUT2D eigenvalue weighted by molar-refractivity contribution is 0.282. The summed E-state index contributed by atoms with van der Waals surface area (Å²) in [6.07, 6.45) is 0. The minimum atomic E-state index is -2.02. The second kappa shape index (κ2) is 4.21. The van der Waals surface area contributed by atoms with Crippen LogP contribution in [0.3, 0.4) is 0 Å². The normalized spacial score (nSPS) is 10.4. The summed E-state index contributed by atoms with van der Waals surface area (Å²) in [5, 5.41) is 28.6. The lowest BCUT2D eigenvalue weighted by Gasteiger charge is -2.11. The van der Waals surface area contributed by atoms with Crippen LogP contribution in [-0.4, -0.2) is 22.5 Å². The molecule has 2 aromatic rings. The smallest absolute Gasteiger partial charge is 0.508 e. The number of phenolic OH excluding ortho intramolecular Hbond substituents is 1. The van der Waals surface area contributed by atoms with Gasteiger partial charge in [0, 0.05) is 5.39 Å². The van der Waals surface area contributed by atoms with E-state index in [9.17, 15) is 5.11 Å². The Morgan fingerprint density at radius 1 is 1.19 bits per heavy atom. The van der Waals surface area contributed by atoms with Crippen molar-refractivity contribution < 1.29 is 19.8 Å². The van der Waals surface area contributed by atoms with Crippen molar-refractivity contribution in [2.75, 3.05) is 0 Å². The number of fused-ring (bicyclic) bond motifs is 1. The lowest BCUT2D eigenvalue weighted by Crippen LogP contribution is -2.20. The minimum Gasteiger partial charge on any atom is -0.508 e. The zero-order valence-corrected chi connectivity index (χ0v) is 8.85. The molecule has 0 saturated heterocycles. The molecule has 0 bridgehead atoms. The molecule has 2 aromatic carbocycles. The zero-order valence-electron chi connectivity index (χ0n) is 8.09. The molecule has 0 atom stereocenters. The van der Waals surface area contributed by atoms with Crippen molar-refractivity contribution in [3.63, 3.8) is 0 Å². The molecule has 0 aliphatic rings. The molecule has 3 N–H and O–H groups in total. The van der Waals surface area contributed by atoms with Gasteiger partial charge in [-0.2, -0.15) is 0 Å². The third-order valence-electron chi connectivity index (χ3n) is 2.15. The first-order chi connectivity index (χ1) is 7.59. The highest BCUT2D eigenvalue weighted by atomic mass is 35.5. The molecular formula is C10H8BClO4. The predicted molar refractivity (Wildman–Crippen MR) is 61.4 cm³/mol. The molecule has 0 aliphatic heterocycles. The monoisotopic (exact) mass is 238 g/mol. The maximum absolute atomic E-state index is 9.85. The van der Waals surface area contributed by atoms with Crippen molar-refractivity contribution in [3.05, 3.63) is 35.4 Å². The number of phenols is 1. The first-order valence-corrected chi connectivity index (χ1v) is 4.90. The Kier molecular flexibility index (Phi) is 2.91. The van der Waals surface area contributed by atoms with Gasteiger partial charge in [-0.1, -0.05) is 35.9 Å². The van der Waals surface area contributed by atoms with Crippen LogP contribution >= 0.6 is 11.6 Å². The average Bonchev–Trinajstić information content (AvgIpc) is 2.24. The fourth-order valence-electron chi connectivity index (χ4n) is 1.49. The molecule has 6 heteroatoms. The molecule has 0 aromatic heterocycles. The van der Waals surface area contributed by atoms with E-state index in [1.54, 1.807) is 30.3 Å². The Bertz CT molecular complexity index is 529. The fraction of sp³-hybridized carbons (Fsp3) is 0. The summed E-state index contributed by atoms with van der Waals surface area (Å²) in [4.78, 5) is 0. The molecule has 0 aliphatic carbocycles. The Balaban J connectivity index is 2.65. The number of rotatable bonds is 2. The molecule has 0 fully saturated rings. The largest absolute Gasteiger partial charge is 0.707 e. The molecule has 16 heavy (non-hydrogen) atoms. The van der Waals surface area contributed by atoms with E-state index in [0.717, 1.165) is 5.39 Å². The quantitative estimate of drug-likeness (QED) is 0.694. The molecule has 0 saturated carbocycles. The maximum atomic E-state index is 9.85. The minimum absolute atomic E-state index is 0.115. The summed E-state index contributed by atoms with van der Waals surface area (Å²) in [5.74, 6) is -0.355. The van der Waals surface area contributed by atoms with Crippen LogP contribution in [0, 0.1) is 0 Å². The Morgan fingerprint density at radius 3 is 2.56 bits per heavy atom. The van der Waals surface area contributed by atoms with Crippen molar-refractivity contribution in [2.24, 2.45) is 0 Å². The molecule has 2 rings (SSSR count). The van der Waals surface area contributed by atoms with Gasteiger partial charge < -0.3 is 19.8 Å². The highest BCUT2D eigenvalue weighted by molar-refractivity contribution is 6.37. The summed E-state index contributed by atoms with van der Waals surface area (Å²) in [6.45, 7) is 0. The summed E-state index contributed by atoms with van der Waals surface area (Å²) in [7, 11) is -2.02. The van der Waals surface area contributed by atoms with Gasteiger partial charge in [0.2, 0.25) is 0 Å². The van der Waals surface area contributed by atoms with Crippen LogP contribution in [0.5, 0.6) is 11.5 Å². The third kappa shape index (κ3) is 1.93. The van der Waals surface area contributed by atoms with Crippen LogP contribution in [0.1, 0.15) is 0 Å². The van der Waals surface area contributed by atoms with Gasteiger partial charge >= 0.3 is 7.32 Å². The molecule has 0 heterocycles. The Hall–Kier alpha value is -1.43. The first-order valence-electron chi connectivity index (χ1n) is 4.52. The van der Waals surface area contributed by atoms with Gasteiger partial charge in [0.1, 0.15) is 0 Å². The number of halogens is 1. The number of hydrogen-bond acceptors (Lipinski definition) is 4. The van der Waals surface area contributed by atoms with Crippen LogP contribution in [0.25, 0.3) is 10.8 Å². The average molecular weight is 238 g/mol. The van der Waals surface area contributed by atoms with E-state index in [0.29, 0.717) is 5.39 Å². The van der Waals surface area contributed by atoms with Gasteiger partial charge in [-0.3, -0.25) is 0 Å². The van der Waals surface area contributed by atoms with Gasteiger partial charge in [0.05, 0.1) is 5.02 Å². The molecule has 0 amide bonds. The summed E-state index contributed by atoms with van der Waals surface area (Å²) >= 11 is 5.85. The number of hydrogen-bond donors (Lipinski definition) is 3. The van der Waals surface area contributed by atoms with Gasteiger partial charge in [-0.25, -0.2) is 0 Å². The second-order valence-electron chi connectivity index (χ2n) is 3.20. The van der Waals surface area contributed by atoms with E-state index < -0.39 is 7.32 Å². The number of benzene rings is 2. The second-order valence-corrected chi connectivity index (χ2v) is 3.61. The van der Waals surface area contributed by atoms with Crippen molar-refractivity contribution >= 4 is 29.7 Å². The summed E-state index contributed by atoms with van der Waals surface area (Å²) in [6, 6.07) is 8.58. The summed E-state index contributed by atoms with van der Waals surface area (Å²) in [5.41, 5.74) is 0. The van der Waals surface area contributed by atoms with E-state index in [4.69, 9.17) is 21.6 Å². The van der Waals surface area contributed by atoms with Crippen molar-refractivity contribution in [1.82, 2.24) is 0 Å². The van der Waals surface area contributed by atoms with Crippen LogP contribution < -0.4 is 4.65 Å². The Labute approximate surface area is 96.8 Å². The molecule has 0 radical (unpaired) electrons. The maximum Gasteiger partial charge on any atom is 0.707 e. The highest BCUT2D eigenvalue weighted by Gasteiger charge is 2.19. The third-order valence-corrected chi connectivity index (χ3v) is 2.43. The fourth-order valence-corrected chi connectivity index (χ4v) is 1.75. The molecule has 0 spiro atoms. The number of aromatic hydroxyl groups is 1. The van der Waals surface area contributed by atoms with Crippen LogP contribution in [0.15, 0.2) is 30.3 Å². The molecule has 0 unspecified atom stereocenters. The van der Waals surface area contributed by atoms with Gasteiger partial charge in [0.25, 0.3) is 0 Å². The van der Waals surface area contributed by atoms with Crippen LogP contribution in [0.2, 0.25) is 5.02 Å². The van der Waals surface area contributed by atoms with Crippen LogP contribution in [-0.2, 0) is 0 Å². The van der Waals surface area contributed by atoms with E-state index >= 15 is 0 Å². The predicted octanol–water partition coefficient (Wildman–Crippen LogP) is 1.55. The van der Waals surface area contributed by atoms with Gasteiger partial charge in [-0.05, 0) is 11.5 Å². The Morgan fingerprint density at radius 2 is 1.88 bits per heavy atom.